The number of hydrogen-bond donors (Lipinski definition) is 1. The van der Waals surface area contributed by atoms with Crippen LogP contribution in [-0.2, 0) is 14.6 Å². The topological polar surface area (TPSA) is 85.4 Å². The summed E-state index contributed by atoms with van der Waals surface area (Å²) in [5.41, 5.74) is 0. The summed E-state index contributed by atoms with van der Waals surface area (Å²) >= 11 is 0. The van der Waals surface area contributed by atoms with Gasteiger partial charge in [0.15, 0.2) is 9.84 Å². The summed E-state index contributed by atoms with van der Waals surface area (Å²) in [6.07, 6.45) is 5.08. The Morgan fingerprint density at radius 3 is 2.41 bits per heavy atom. The largest absolute Gasteiger partial charge is 0.474 e. The fourth-order valence-electron chi connectivity index (χ4n) is 3.19. The lowest BCUT2D eigenvalue weighted by Gasteiger charge is -2.29. The second-order valence-corrected chi connectivity index (χ2v) is 8.82. The number of aromatic nitrogens is 1. The maximum Gasteiger partial charge on any atom is 0.221 e. The zero-order valence-electron chi connectivity index (χ0n) is 15.1. The number of nitrogens with zero attached hydrogens (tertiary/aromatic N) is 1. The summed E-state index contributed by atoms with van der Waals surface area (Å²) in [7, 11) is -3.43. The minimum absolute atomic E-state index is 0.0262. The lowest BCUT2D eigenvalue weighted by Crippen LogP contribution is -2.40. The van der Waals surface area contributed by atoms with Crippen molar-refractivity contribution in [2.24, 2.45) is 0 Å². The Balaban J connectivity index is 1.41. The molecule has 1 N–H and O–H groups in total. The monoisotopic (exact) mass is 388 g/mol. The summed E-state index contributed by atoms with van der Waals surface area (Å²) < 4.78 is 30.3. The number of benzene rings is 1. The van der Waals surface area contributed by atoms with E-state index in [9.17, 15) is 13.2 Å². The zero-order valence-corrected chi connectivity index (χ0v) is 15.9. The van der Waals surface area contributed by atoms with Crippen LogP contribution < -0.4 is 10.1 Å². The molecule has 7 heteroatoms. The number of pyridine rings is 1. The van der Waals surface area contributed by atoms with E-state index < -0.39 is 9.84 Å². The Kier molecular flexibility index (Phi) is 6.45. The number of nitrogens with one attached hydrogen (secondary N) is 1. The van der Waals surface area contributed by atoms with Crippen molar-refractivity contribution in [2.75, 3.05) is 5.75 Å². The van der Waals surface area contributed by atoms with Crippen LogP contribution >= 0.6 is 0 Å². The Hall–Kier alpha value is -2.41. The highest BCUT2D eigenvalue weighted by Gasteiger charge is 2.24. The maximum absolute atomic E-state index is 12.2. The number of sulfone groups is 1. The minimum atomic E-state index is -3.43. The molecular weight excluding hydrogens is 364 g/mol. The molecule has 0 radical (unpaired) electrons. The first kappa shape index (κ1) is 19.4. The normalized spacial score (nSPS) is 20.0. The quantitative estimate of drug-likeness (QED) is 0.788. The molecule has 1 amide bonds. The van der Waals surface area contributed by atoms with Crippen LogP contribution in [0.3, 0.4) is 0 Å². The Labute approximate surface area is 159 Å². The van der Waals surface area contributed by atoms with Gasteiger partial charge in [0.25, 0.3) is 0 Å². The molecule has 0 spiro atoms. The van der Waals surface area contributed by atoms with Gasteiger partial charge in [-0.15, -0.1) is 0 Å². The first-order chi connectivity index (χ1) is 13.0. The Bertz CT molecular complexity index is 833. The van der Waals surface area contributed by atoms with Crippen LogP contribution in [-0.4, -0.2) is 37.2 Å². The van der Waals surface area contributed by atoms with Gasteiger partial charge >= 0.3 is 0 Å². The van der Waals surface area contributed by atoms with Crippen LogP contribution in [0, 0.1) is 0 Å². The summed E-state index contributed by atoms with van der Waals surface area (Å²) in [5, 5.41) is 2.95. The third-order valence-electron chi connectivity index (χ3n) is 4.66. The third kappa shape index (κ3) is 5.79. The molecule has 0 bridgehead atoms. The second kappa shape index (κ2) is 8.99. The summed E-state index contributed by atoms with van der Waals surface area (Å²) in [6.45, 7) is 0. The number of carbonyl (C=O) groups is 1. The molecule has 0 aliphatic heterocycles. The highest BCUT2D eigenvalue weighted by molar-refractivity contribution is 7.91. The number of ether oxygens (including phenoxy) is 1. The van der Waals surface area contributed by atoms with E-state index >= 15 is 0 Å². The van der Waals surface area contributed by atoms with E-state index in [-0.39, 0.29) is 35.1 Å². The summed E-state index contributed by atoms with van der Waals surface area (Å²) in [5.74, 6) is 0.223. The van der Waals surface area contributed by atoms with E-state index in [1.165, 1.54) is 0 Å². The SMILES string of the molecule is O=C(CCS(=O)(=O)c1ccccc1)NC1CCC(Oc2ccccn2)CC1. The lowest BCUT2D eigenvalue weighted by atomic mass is 9.93. The molecule has 1 aromatic carbocycles. The molecule has 6 nitrogen and oxygen atoms in total. The van der Waals surface area contributed by atoms with Crippen molar-refractivity contribution in [2.45, 2.75) is 49.1 Å². The molecule has 1 aliphatic rings. The van der Waals surface area contributed by atoms with Crippen molar-refractivity contribution in [3.63, 3.8) is 0 Å². The molecule has 1 heterocycles. The van der Waals surface area contributed by atoms with Gasteiger partial charge in [-0.05, 0) is 43.9 Å². The first-order valence-electron chi connectivity index (χ1n) is 9.18. The molecule has 0 saturated heterocycles. The number of rotatable bonds is 7. The van der Waals surface area contributed by atoms with Crippen LogP contribution in [0.5, 0.6) is 5.88 Å². The number of hydrogen-bond acceptors (Lipinski definition) is 5. The smallest absolute Gasteiger partial charge is 0.221 e. The molecule has 1 aromatic heterocycles. The van der Waals surface area contributed by atoms with E-state index in [2.05, 4.69) is 10.3 Å². The fourth-order valence-corrected chi connectivity index (χ4v) is 4.45. The maximum atomic E-state index is 12.2. The van der Waals surface area contributed by atoms with Crippen LogP contribution in [0.25, 0.3) is 0 Å². The van der Waals surface area contributed by atoms with Crippen molar-refractivity contribution in [1.29, 1.82) is 0 Å². The molecule has 3 rings (SSSR count). The molecule has 1 fully saturated rings. The van der Waals surface area contributed by atoms with Crippen LogP contribution in [0.15, 0.2) is 59.6 Å². The van der Waals surface area contributed by atoms with Gasteiger partial charge in [0.05, 0.1) is 10.6 Å². The van der Waals surface area contributed by atoms with Gasteiger partial charge < -0.3 is 10.1 Å². The fraction of sp³-hybridized carbons (Fsp3) is 0.400. The molecule has 2 aromatic rings. The number of carbonyl (C=O) groups excluding carboxylic acids is 1. The highest BCUT2D eigenvalue weighted by Crippen LogP contribution is 2.23. The summed E-state index contributed by atoms with van der Waals surface area (Å²) in [6, 6.07) is 13.9. The molecule has 0 atom stereocenters. The van der Waals surface area contributed by atoms with Gasteiger partial charge in [-0.3, -0.25) is 4.79 Å². The van der Waals surface area contributed by atoms with Gasteiger partial charge in [0, 0.05) is 24.7 Å². The van der Waals surface area contributed by atoms with Crippen molar-refractivity contribution in [3.8, 4) is 5.88 Å². The summed E-state index contributed by atoms with van der Waals surface area (Å²) in [4.78, 5) is 16.6. The van der Waals surface area contributed by atoms with Crippen molar-refractivity contribution in [1.82, 2.24) is 10.3 Å². The van der Waals surface area contributed by atoms with Gasteiger partial charge in [-0.25, -0.2) is 13.4 Å². The third-order valence-corrected chi connectivity index (χ3v) is 6.40. The van der Waals surface area contributed by atoms with Gasteiger partial charge in [-0.1, -0.05) is 24.3 Å². The lowest BCUT2D eigenvalue weighted by molar-refractivity contribution is -0.121. The predicted molar refractivity (Wildman–Crippen MR) is 102 cm³/mol. The van der Waals surface area contributed by atoms with Crippen molar-refractivity contribution >= 4 is 15.7 Å². The Morgan fingerprint density at radius 1 is 1.04 bits per heavy atom. The van der Waals surface area contributed by atoms with Gasteiger partial charge in [0.1, 0.15) is 6.10 Å². The highest BCUT2D eigenvalue weighted by atomic mass is 32.2. The van der Waals surface area contributed by atoms with Crippen molar-refractivity contribution < 1.29 is 17.9 Å². The minimum Gasteiger partial charge on any atom is -0.474 e. The standard InChI is InChI=1S/C20H24N2O4S/c23-19(13-15-27(24,25)18-6-2-1-3-7-18)22-16-9-11-17(12-10-16)26-20-8-4-5-14-21-20/h1-8,14,16-17H,9-13,15H2,(H,22,23). The molecule has 144 valence electrons. The van der Waals surface area contributed by atoms with E-state index in [1.54, 1.807) is 36.5 Å². The molecular formula is C20H24N2O4S. The van der Waals surface area contributed by atoms with Crippen LogP contribution in [0.1, 0.15) is 32.1 Å². The molecule has 1 saturated carbocycles. The van der Waals surface area contributed by atoms with E-state index in [1.807, 2.05) is 18.2 Å². The number of amides is 1. The zero-order chi connectivity index (χ0) is 19.1. The second-order valence-electron chi connectivity index (χ2n) is 6.71. The van der Waals surface area contributed by atoms with E-state index in [0.717, 1.165) is 25.7 Å². The molecule has 1 aliphatic carbocycles. The molecule has 27 heavy (non-hydrogen) atoms. The van der Waals surface area contributed by atoms with Crippen LogP contribution in [0.2, 0.25) is 0 Å². The van der Waals surface area contributed by atoms with E-state index in [4.69, 9.17) is 4.74 Å². The average molecular weight is 388 g/mol. The predicted octanol–water partition coefficient (Wildman–Crippen LogP) is 2.75. The van der Waals surface area contributed by atoms with Gasteiger partial charge in [0.2, 0.25) is 11.8 Å². The Morgan fingerprint density at radius 2 is 1.74 bits per heavy atom. The average Bonchev–Trinajstić information content (AvgIpc) is 2.70. The molecule has 0 unspecified atom stereocenters. The van der Waals surface area contributed by atoms with Crippen molar-refractivity contribution in [3.05, 3.63) is 54.7 Å². The van der Waals surface area contributed by atoms with Gasteiger partial charge in [-0.2, -0.15) is 0 Å². The first-order valence-corrected chi connectivity index (χ1v) is 10.8. The van der Waals surface area contributed by atoms with E-state index in [0.29, 0.717) is 5.88 Å². The van der Waals surface area contributed by atoms with Crippen LogP contribution in [0.4, 0.5) is 0 Å².